The second-order valence-electron chi connectivity index (χ2n) is 7.05. The molecule has 0 spiro atoms. The van der Waals surface area contributed by atoms with E-state index >= 15 is 0 Å². The van der Waals surface area contributed by atoms with Crippen molar-refractivity contribution in [1.29, 1.82) is 0 Å². The minimum absolute atomic E-state index is 0.0197. The van der Waals surface area contributed by atoms with Gasteiger partial charge in [-0.1, -0.05) is 19.3 Å². The number of rotatable bonds is 7. The molecular weight excluding hydrogens is 359 g/mol. The van der Waals surface area contributed by atoms with Gasteiger partial charge in [-0.2, -0.15) is 0 Å². The predicted octanol–water partition coefficient (Wildman–Crippen LogP) is 1.74. The van der Waals surface area contributed by atoms with Crippen molar-refractivity contribution in [1.82, 2.24) is 4.90 Å². The van der Waals surface area contributed by atoms with Gasteiger partial charge in [-0.25, -0.2) is 13.2 Å². The van der Waals surface area contributed by atoms with Crippen LogP contribution in [0.15, 0.2) is 12.1 Å². The number of hydrogen-bond acceptors (Lipinski definition) is 2. The number of halogens is 3. The molecule has 0 radical (unpaired) electrons. The first-order chi connectivity index (χ1) is 12.8. The van der Waals surface area contributed by atoms with Crippen molar-refractivity contribution >= 4 is 17.5 Å². The van der Waals surface area contributed by atoms with E-state index in [9.17, 15) is 22.8 Å². The zero-order chi connectivity index (χ0) is 20.0. The lowest BCUT2D eigenvalue weighted by Gasteiger charge is -2.33. The second-order valence-corrected chi connectivity index (χ2v) is 7.05. The van der Waals surface area contributed by atoms with Gasteiger partial charge < -0.3 is 15.1 Å². The van der Waals surface area contributed by atoms with Gasteiger partial charge in [-0.15, -0.1) is 0 Å². The number of quaternary nitrogens is 1. The van der Waals surface area contributed by atoms with Crippen molar-refractivity contribution < 1.29 is 27.7 Å². The summed E-state index contributed by atoms with van der Waals surface area (Å²) in [6, 6.07) is 1.97. The molecule has 2 rings (SSSR count). The average molecular weight is 386 g/mol. The molecule has 1 saturated carbocycles. The van der Waals surface area contributed by atoms with E-state index in [1.165, 1.54) is 6.42 Å². The van der Waals surface area contributed by atoms with Crippen LogP contribution in [0, 0.1) is 17.5 Å². The Morgan fingerprint density at radius 2 is 1.78 bits per heavy atom. The Bertz CT molecular complexity index is 678. The molecule has 1 aliphatic rings. The molecule has 0 saturated heterocycles. The van der Waals surface area contributed by atoms with E-state index in [0.29, 0.717) is 11.4 Å². The van der Waals surface area contributed by atoms with Gasteiger partial charge in [-0.05, 0) is 31.9 Å². The maximum atomic E-state index is 13.6. The molecule has 1 atom stereocenters. The standard InChI is InChI=1S/C19H26F3N3O2/c1-3-25(13-7-5-4-6-8-13)17(27)12-24(2)11-16(26)23-15-10-9-14(20)18(21)19(15)22/h9-10,13H,3-8,11-12H2,1-2H3,(H,23,26)/p+1. The Labute approximate surface area is 157 Å². The topological polar surface area (TPSA) is 53.9 Å². The van der Waals surface area contributed by atoms with Crippen LogP contribution in [-0.4, -0.2) is 49.4 Å². The number of amides is 2. The normalized spacial score (nSPS) is 16.0. The van der Waals surface area contributed by atoms with Crippen LogP contribution in [0.25, 0.3) is 0 Å². The van der Waals surface area contributed by atoms with Gasteiger partial charge in [-0.3, -0.25) is 9.59 Å². The van der Waals surface area contributed by atoms with Gasteiger partial charge in [0.05, 0.1) is 12.7 Å². The van der Waals surface area contributed by atoms with Crippen LogP contribution >= 0.6 is 0 Å². The fourth-order valence-electron chi connectivity index (χ4n) is 3.54. The van der Waals surface area contributed by atoms with Gasteiger partial charge in [0.15, 0.2) is 30.5 Å². The van der Waals surface area contributed by atoms with Gasteiger partial charge in [0.2, 0.25) is 0 Å². The van der Waals surface area contributed by atoms with E-state index in [-0.39, 0.29) is 25.0 Å². The molecule has 0 aromatic heterocycles. The second kappa shape index (κ2) is 9.73. The average Bonchev–Trinajstić information content (AvgIpc) is 2.63. The maximum absolute atomic E-state index is 13.6. The third-order valence-electron chi connectivity index (χ3n) is 4.90. The summed E-state index contributed by atoms with van der Waals surface area (Å²) >= 11 is 0. The predicted molar refractivity (Wildman–Crippen MR) is 95.8 cm³/mol. The fraction of sp³-hybridized carbons (Fsp3) is 0.579. The van der Waals surface area contributed by atoms with E-state index in [1.54, 1.807) is 7.05 Å². The summed E-state index contributed by atoms with van der Waals surface area (Å²) in [6.07, 6.45) is 5.47. The molecule has 8 heteroatoms. The molecule has 2 amide bonds. The lowest BCUT2D eigenvalue weighted by molar-refractivity contribution is -0.862. The summed E-state index contributed by atoms with van der Waals surface area (Å²) in [6.45, 7) is 2.62. The molecule has 1 fully saturated rings. The number of anilines is 1. The number of benzene rings is 1. The smallest absolute Gasteiger partial charge is 0.279 e. The molecule has 1 aromatic rings. The summed E-state index contributed by atoms with van der Waals surface area (Å²) in [4.78, 5) is 27.1. The van der Waals surface area contributed by atoms with Gasteiger partial charge >= 0.3 is 0 Å². The SMILES string of the molecule is CCN(C(=O)C[NH+](C)CC(=O)Nc1ccc(F)c(F)c1F)C1CCCCC1. The lowest BCUT2D eigenvalue weighted by atomic mass is 9.94. The lowest BCUT2D eigenvalue weighted by Crippen LogP contribution is -3.11. The first-order valence-corrected chi connectivity index (χ1v) is 9.37. The highest BCUT2D eigenvalue weighted by molar-refractivity contribution is 5.91. The molecule has 150 valence electrons. The van der Waals surface area contributed by atoms with Gasteiger partial charge in [0, 0.05) is 12.6 Å². The van der Waals surface area contributed by atoms with E-state index in [4.69, 9.17) is 0 Å². The summed E-state index contributed by atoms with van der Waals surface area (Å²) in [5.41, 5.74) is -0.421. The highest BCUT2D eigenvalue weighted by Crippen LogP contribution is 2.22. The Morgan fingerprint density at radius 3 is 2.41 bits per heavy atom. The first kappa shape index (κ1) is 21.2. The Hall–Kier alpha value is -2.09. The summed E-state index contributed by atoms with van der Waals surface area (Å²) in [5, 5.41) is 2.22. The fourth-order valence-corrected chi connectivity index (χ4v) is 3.54. The Balaban J connectivity index is 1.88. The van der Waals surface area contributed by atoms with Crippen molar-refractivity contribution in [3.8, 4) is 0 Å². The van der Waals surface area contributed by atoms with E-state index < -0.39 is 29.0 Å². The number of carbonyl (C=O) groups excluding carboxylic acids is 2. The summed E-state index contributed by atoms with van der Waals surface area (Å²) < 4.78 is 39.8. The third kappa shape index (κ3) is 5.69. The van der Waals surface area contributed by atoms with Crippen LogP contribution in [0.3, 0.4) is 0 Å². The summed E-state index contributed by atoms with van der Waals surface area (Å²) in [7, 11) is 1.69. The van der Waals surface area contributed by atoms with Gasteiger partial charge in [0.1, 0.15) is 0 Å². The first-order valence-electron chi connectivity index (χ1n) is 9.37. The zero-order valence-corrected chi connectivity index (χ0v) is 15.8. The quantitative estimate of drug-likeness (QED) is 0.702. The number of carbonyl (C=O) groups is 2. The molecule has 0 aliphatic heterocycles. The summed E-state index contributed by atoms with van der Waals surface area (Å²) in [5.74, 6) is -4.98. The Morgan fingerprint density at radius 1 is 1.11 bits per heavy atom. The van der Waals surface area contributed by atoms with Crippen LogP contribution in [0.4, 0.5) is 18.9 Å². The van der Waals surface area contributed by atoms with Crippen LogP contribution in [-0.2, 0) is 9.59 Å². The molecule has 1 unspecified atom stereocenters. The van der Waals surface area contributed by atoms with E-state index in [2.05, 4.69) is 5.32 Å². The van der Waals surface area contributed by atoms with Crippen molar-refractivity contribution in [3.05, 3.63) is 29.6 Å². The molecule has 5 nitrogen and oxygen atoms in total. The van der Waals surface area contributed by atoms with Crippen molar-refractivity contribution in [3.63, 3.8) is 0 Å². The number of nitrogens with zero attached hydrogens (tertiary/aromatic N) is 1. The van der Waals surface area contributed by atoms with Crippen LogP contribution in [0.1, 0.15) is 39.0 Å². The Kier molecular flexibility index (Phi) is 7.65. The number of hydrogen-bond donors (Lipinski definition) is 2. The highest BCUT2D eigenvalue weighted by Gasteiger charge is 2.26. The molecule has 0 heterocycles. The maximum Gasteiger partial charge on any atom is 0.279 e. The van der Waals surface area contributed by atoms with Crippen molar-refractivity contribution in [2.24, 2.45) is 0 Å². The molecule has 2 N–H and O–H groups in total. The molecule has 27 heavy (non-hydrogen) atoms. The van der Waals surface area contributed by atoms with Crippen LogP contribution in [0.5, 0.6) is 0 Å². The molecule has 0 bridgehead atoms. The molecule has 1 aromatic carbocycles. The minimum Gasteiger partial charge on any atom is -0.335 e. The minimum atomic E-state index is -1.63. The molecule has 1 aliphatic carbocycles. The number of nitrogens with one attached hydrogen (secondary N) is 2. The van der Waals surface area contributed by atoms with Gasteiger partial charge in [0.25, 0.3) is 11.8 Å². The monoisotopic (exact) mass is 386 g/mol. The van der Waals surface area contributed by atoms with Crippen LogP contribution < -0.4 is 10.2 Å². The van der Waals surface area contributed by atoms with E-state index in [0.717, 1.165) is 37.8 Å². The third-order valence-corrected chi connectivity index (χ3v) is 4.90. The van der Waals surface area contributed by atoms with Crippen molar-refractivity contribution in [2.45, 2.75) is 45.1 Å². The zero-order valence-electron chi connectivity index (χ0n) is 15.8. The largest absolute Gasteiger partial charge is 0.335 e. The van der Waals surface area contributed by atoms with Crippen molar-refractivity contribution in [2.75, 3.05) is 32.0 Å². The van der Waals surface area contributed by atoms with E-state index in [1.807, 2.05) is 11.8 Å². The molecular formula is C19H27F3N3O2+. The highest BCUT2D eigenvalue weighted by atomic mass is 19.2. The van der Waals surface area contributed by atoms with Crippen LogP contribution in [0.2, 0.25) is 0 Å². The number of likely N-dealkylation sites (N-methyl/N-ethyl adjacent to an activating group) is 2.